The van der Waals surface area contributed by atoms with Crippen molar-refractivity contribution in [2.75, 3.05) is 39.4 Å². The molecule has 1 rings (SSSR count). The smallest absolute Gasteiger partial charge is 0.409 e. The number of piperidine rings is 1. The van der Waals surface area contributed by atoms with E-state index in [1.807, 2.05) is 13.8 Å². The van der Waals surface area contributed by atoms with Crippen molar-refractivity contribution in [3.63, 3.8) is 0 Å². The summed E-state index contributed by atoms with van der Waals surface area (Å²) in [4.78, 5) is 30.1. The molecule has 1 unspecified atom stereocenters. The lowest BCUT2D eigenvalue weighted by Gasteiger charge is -2.32. The van der Waals surface area contributed by atoms with E-state index in [4.69, 9.17) is 9.47 Å². The lowest BCUT2D eigenvalue weighted by atomic mass is 10.0. The number of aliphatic imine (C=N–C) groups is 1. The Balaban J connectivity index is 0.00000841. The summed E-state index contributed by atoms with van der Waals surface area (Å²) in [6.07, 6.45) is 1.84. The Morgan fingerprint density at radius 1 is 1.10 bits per heavy atom. The van der Waals surface area contributed by atoms with Crippen LogP contribution in [0.5, 0.6) is 0 Å². The maximum absolute atomic E-state index is 11.8. The molecular weight excluding hydrogens is 501 g/mol. The molecule has 0 aromatic heterocycles. The third-order valence-electron chi connectivity index (χ3n) is 4.53. The van der Waals surface area contributed by atoms with E-state index in [1.165, 1.54) is 0 Å². The van der Waals surface area contributed by atoms with Crippen LogP contribution in [0.4, 0.5) is 9.59 Å². The molecule has 1 fully saturated rings. The molecule has 30 heavy (non-hydrogen) atoms. The number of rotatable bonds is 9. The summed E-state index contributed by atoms with van der Waals surface area (Å²) >= 11 is 0. The van der Waals surface area contributed by atoms with Gasteiger partial charge in [-0.05, 0) is 46.0 Å². The number of carbonyl (C=O) groups is 2. The molecule has 10 heteroatoms. The normalized spacial score (nSPS) is 15.8. The van der Waals surface area contributed by atoms with Gasteiger partial charge in [-0.3, -0.25) is 4.99 Å². The van der Waals surface area contributed by atoms with E-state index in [0.29, 0.717) is 38.8 Å². The van der Waals surface area contributed by atoms with Gasteiger partial charge in [0, 0.05) is 25.7 Å². The molecule has 0 aliphatic carbocycles. The van der Waals surface area contributed by atoms with Crippen molar-refractivity contribution in [3.05, 3.63) is 0 Å². The van der Waals surface area contributed by atoms with Crippen molar-refractivity contribution in [3.8, 4) is 0 Å². The molecule has 0 saturated carbocycles. The number of nitrogens with zero attached hydrogens (tertiary/aromatic N) is 2. The first-order valence-electron chi connectivity index (χ1n) is 10.8. The maximum atomic E-state index is 11.8. The molecular formula is C20H40IN5O4. The number of amides is 2. The Morgan fingerprint density at radius 2 is 1.73 bits per heavy atom. The van der Waals surface area contributed by atoms with Crippen LogP contribution in [-0.4, -0.2) is 74.5 Å². The van der Waals surface area contributed by atoms with Gasteiger partial charge in [0.05, 0.1) is 25.8 Å². The zero-order valence-corrected chi connectivity index (χ0v) is 21.4. The van der Waals surface area contributed by atoms with Gasteiger partial charge in [0.15, 0.2) is 5.96 Å². The third-order valence-corrected chi connectivity index (χ3v) is 4.53. The number of hydrogen-bond acceptors (Lipinski definition) is 5. The first-order chi connectivity index (χ1) is 13.9. The summed E-state index contributed by atoms with van der Waals surface area (Å²) in [5.41, 5.74) is 0. The lowest BCUT2D eigenvalue weighted by Crippen LogP contribution is -2.50. The zero-order chi connectivity index (χ0) is 21.6. The molecule has 176 valence electrons. The Kier molecular flexibility index (Phi) is 15.5. The predicted octanol–water partition coefficient (Wildman–Crippen LogP) is 2.94. The molecule has 1 heterocycles. The van der Waals surface area contributed by atoms with Gasteiger partial charge in [0.2, 0.25) is 0 Å². The summed E-state index contributed by atoms with van der Waals surface area (Å²) in [5.74, 6) is 1.15. The highest BCUT2D eigenvalue weighted by molar-refractivity contribution is 14.0. The van der Waals surface area contributed by atoms with Gasteiger partial charge in [0.1, 0.15) is 0 Å². The van der Waals surface area contributed by atoms with E-state index in [9.17, 15) is 9.59 Å². The molecule has 0 aromatic carbocycles. The standard InChI is InChI=1S/C20H39N5O4.HI/c1-6-21-18(22-14-17(13-15(4)5)24-19(26)28-7-2)23-16-9-11-25(12-10-16)20(27)29-8-3;/h15-17H,6-14H2,1-5H3,(H,24,26)(H2,21,22,23);1H. The molecule has 3 N–H and O–H groups in total. The van der Waals surface area contributed by atoms with Crippen LogP contribution in [0.25, 0.3) is 0 Å². The summed E-state index contributed by atoms with van der Waals surface area (Å²) in [6.45, 7) is 13.1. The van der Waals surface area contributed by atoms with Crippen molar-refractivity contribution in [1.29, 1.82) is 0 Å². The first kappa shape index (κ1) is 28.5. The van der Waals surface area contributed by atoms with Crippen molar-refractivity contribution >= 4 is 42.1 Å². The second-order valence-corrected chi connectivity index (χ2v) is 7.52. The van der Waals surface area contributed by atoms with E-state index in [2.05, 4.69) is 34.8 Å². The Labute approximate surface area is 198 Å². The van der Waals surface area contributed by atoms with Crippen LogP contribution < -0.4 is 16.0 Å². The van der Waals surface area contributed by atoms with E-state index in [1.54, 1.807) is 11.8 Å². The topological polar surface area (TPSA) is 104 Å². The van der Waals surface area contributed by atoms with Crippen LogP contribution in [0.2, 0.25) is 0 Å². The number of carbonyl (C=O) groups excluding carboxylic acids is 2. The van der Waals surface area contributed by atoms with Crippen molar-refractivity contribution in [1.82, 2.24) is 20.9 Å². The zero-order valence-electron chi connectivity index (χ0n) is 19.0. The number of guanidine groups is 1. The molecule has 1 saturated heterocycles. The first-order valence-corrected chi connectivity index (χ1v) is 10.8. The van der Waals surface area contributed by atoms with Crippen molar-refractivity contribution in [2.45, 2.75) is 66.0 Å². The summed E-state index contributed by atoms with van der Waals surface area (Å²) in [6, 6.07) is 0.148. The van der Waals surface area contributed by atoms with Gasteiger partial charge < -0.3 is 30.3 Å². The monoisotopic (exact) mass is 541 g/mol. The number of halogens is 1. The molecule has 2 amide bonds. The van der Waals surface area contributed by atoms with Crippen LogP contribution in [0.1, 0.15) is 53.9 Å². The third kappa shape index (κ3) is 11.7. The molecule has 0 aromatic rings. The van der Waals surface area contributed by atoms with Crippen LogP contribution in [0.3, 0.4) is 0 Å². The van der Waals surface area contributed by atoms with E-state index in [0.717, 1.165) is 31.8 Å². The van der Waals surface area contributed by atoms with Gasteiger partial charge in [-0.25, -0.2) is 9.59 Å². The molecule has 0 spiro atoms. The number of ether oxygens (including phenoxy) is 2. The fraction of sp³-hybridized carbons (Fsp3) is 0.850. The summed E-state index contributed by atoms with van der Waals surface area (Å²) in [5, 5.41) is 9.61. The molecule has 1 aliphatic heterocycles. The number of hydrogen-bond donors (Lipinski definition) is 3. The van der Waals surface area contributed by atoms with E-state index >= 15 is 0 Å². The highest BCUT2D eigenvalue weighted by atomic mass is 127. The van der Waals surface area contributed by atoms with Gasteiger partial charge in [-0.1, -0.05) is 13.8 Å². The van der Waals surface area contributed by atoms with Crippen molar-refractivity contribution in [2.24, 2.45) is 10.9 Å². The Hall–Kier alpha value is -1.46. The second-order valence-electron chi connectivity index (χ2n) is 7.52. The highest BCUT2D eigenvalue weighted by Gasteiger charge is 2.24. The number of alkyl carbamates (subject to hydrolysis) is 1. The minimum absolute atomic E-state index is 0. The van der Waals surface area contributed by atoms with Crippen LogP contribution in [-0.2, 0) is 9.47 Å². The Morgan fingerprint density at radius 3 is 2.27 bits per heavy atom. The fourth-order valence-corrected chi connectivity index (χ4v) is 3.22. The van der Waals surface area contributed by atoms with E-state index < -0.39 is 6.09 Å². The fourth-order valence-electron chi connectivity index (χ4n) is 3.22. The largest absolute Gasteiger partial charge is 0.450 e. The molecule has 1 aliphatic rings. The average molecular weight is 541 g/mol. The van der Waals surface area contributed by atoms with Gasteiger partial charge in [-0.15, -0.1) is 24.0 Å². The average Bonchev–Trinajstić information content (AvgIpc) is 2.66. The van der Waals surface area contributed by atoms with Crippen molar-refractivity contribution < 1.29 is 19.1 Å². The van der Waals surface area contributed by atoms with Gasteiger partial charge >= 0.3 is 12.2 Å². The van der Waals surface area contributed by atoms with Gasteiger partial charge in [-0.2, -0.15) is 0 Å². The van der Waals surface area contributed by atoms with Crippen LogP contribution in [0, 0.1) is 5.92 Å². The van der Waals surface area contributed by atoms with Gasteiger partial charge in [0.25, 0.3) is 0 Å². The number of likely N-dealkylation sites (tertiary alicyclic amines) is 1. The van der Waals surface area contributed by atoms with Crippen LogP contribution in [0.15, 0.2) is 4.99 Å². The molecule has 0 bridgehead atoms. The molecule has 1 atom stereocenters. The predicted molar refractivity (Wildman–Crippen MR) is 130 cm³/mol. The second kappa shape index (κ2) is 16.3. The minimum atomic E-state index is -0.405. The SMILES string of the molecule is CCNC(=NCC(CC(C)C)NC(=O)OCC)NC1CCN(C(=O)OCC)CC1.I. The molecule has 9 nitrogen and oxygen atoms in total. The maximum Gasteiger partial charge on any atom is 0.409 e. The van der Waals surface area contributed by atoms with Crippen LogP contribution >= 0.6 is 24.0 Å². The summed E-state index contributed by atoms with van der Waals surface area (Å²) < 4.78 is 10.1. The highest BCUT2D eigenvalue weighted by Crippen LogP contribution is 2.12. The number of nitrogens with one attached hydrogen (secondary N) is 3. The van der Waals surface area contributed by atoms with E-state index in [-0.39, 0.29) is 42.2 Å². The minimum Gasteiger partial charge on any atom is -0.450 e. The molecule has 0 radical (unpaired) electrons. The quantitative estimate of drug-likeness (QED) is 0.236. The Bertz CT molecular complexity index is 525. The summed E-state index contributed by atoms with van der Waals surface area (Å²) in [7, 11) is 0. The lowest BCUT2D eigenvalue weighted by molar-refractivity contribution is 0.0963.